The first-order chi connectivity index (χ1) is 11.8. The van der Waals surface area contributed by atoms with E-state index in [1.165, 1.54) is 0 Å². The number of rotatable bonds is 5. The van der Waals surface area contributed by atoms with Crippen molar-refractivity contribution in [3.05, 3.63) is 56.6 Å². The van der Waals surface area contributed by atoms with Crippen molar-refractivity contribution in [2.45, 2.75) is 9.79 Å². The van der Waals surface area contributed by atoms with Gasteiger partial charge in [0.2, 0.25) is 0 Å². The Kier molecular flexibility index (Phi) is 4.78. The molecular formula is C12H8N2O10S2. The number of nitrogens with zero attached hydrogens (tertiary/aromatic N) is 2. The lowest BCUT2D eigenvalue weighted by atomic mass is 10.0. The molecule has 14 heteroatoms. The third kappa shape index (κ3) is 3.83. The number of nitro groups is 2. The van der Waals surface area contributed by atoms with Gasteiger partial charge in [0.1, 0.15) is 9.79 Å². The Morgan fingerprint density at radius 1 is 0.692 bits per heavy atom. The second-order valence-electron chi connectivity index (χ2n) is 4.82. The average Bonchev–Trinajstić information content (AvgIpc) is 2.51. The summed E-state index contributed by atoms with van der Waals surface area (Å²) < 4.78 is 62.4. The van der Waals surface area contributed by atoms with E-state index in [4.69, 9.17) is 9.11 Å². The summed E-state index contributed by atoms with van der Waals surface area (Å²) >= 11 is 0. The number of hydrogen-bond donors (Lipinski definition) is 2. The van der Waals surface area contributed by atoms with Crippen LogP contribution in [0.15, 0.2) is 46.2 Å². The molecule has 0 unspecified atom stereocenters. The fraction of sp³-hybridized carbons (Fsp3) is 0. The Balaban J connectivity index is 2.83. The molecule has 0 saturated carbocycles. The van der Waals surface area contributed by atoms with Gasteiger partial charge in [-0.25, -0.2) is 0 Å². The monoisotopic (exact) mass is 404 g/mol. The molecule has 0 aliphatic carbocycles. The Labute approximate surface area is 145 Å². The molecule has 26 heavy (non-hydrogen) atoms. The van der Waals surface area contributed by atoms with E-state index in [1.807, 2.05) is 0 Å². The van der Waals surface area contributed by atoms with Gasteiger partial charge in [0, 0.05) is 12.1 Å². The second-order valence-corrected chi connectivity index (χ2v) is 7.67. The predicted octanol–water partition coefficient (Wildman–Crippen LogP) is 1.66. The number of nitro benzene ring substituents is 2. The van der Waals surface area contributed by atoms with Crippen LogP contribution in [0.2, 0.25) is 0 Å². The maximum atomic E-state index is 11.2. The van der Waals surface area contributed by atoms with Crippen molar-refractivity contribution in [2.24, 2.45) is 0 Å². The van der Waals surface area contributed by atoms with Gasteiger partial charge in [0.15, 0.2) is 0 Å². The smallest absolute Gasteiger partial charge is 0.282 e. The Bertz CT molecular complexity index is 1050. The summed E-state index contributed by atoms with van der Waals surface area (Å²) in [4.78, 5) is 18.8. The van der Waals surface area contributed by atoms with Crippen LogP contribution in [0.3, 0.4) is 0 Å². The minimum atomic E-state index is -4.76. The molecule has 0 radical (unpaired) electrons. The van der Waals surface area contributed by atoms with Crippen molar-refractivity contribution in [3.63, 3.8) is 0 Å². The summed E-state index contributed by atoms with van der Waals surface area (Å²) in [6.07, 6.45) is 0. The zero-order valence-electron chi connectivity index (χ0n) is 12.3. The molecule has 0 saturated heterocycles. The molecular weight excluding hydrogens is 396 g/mol. The highest BCUT2D eigenvalue weighted by Crippen LogP contribution is 2.38. The van der Waals surface area contributed by atoms with Crippen LogP contribution in [-0.4, -0.2) is 35.8 Å². The molecule has 138 valence electrons. The first-order valence-electron chi connectivity index (χ1n) is 6.34. The summed E-state index contributed by atoms with van der Waals surface area (Å²) in [5.74, 6) is 0. The van der Waals surface area contributed by atoms with E-state index in [1.54, 1.807) is 0 Å². The van der Waals surface area contributed by atoms with Crippen LogP contribution in [0.25, 0.3) is 11.1 Å². The van der Waals surface area contributed by atoms with E-state index in [9.17, 15) is 37.1 Å². The largest absolute Gasteiger partial charge is 0.294 e. The lowest BCUT2D eigenvalue weighted by Crippen LogP contribution is -2.03. The molecule has 2 aromatic carbocycles. The summed E-state index contributed by atoms with van der Waals surface area (Å²) in [6.45, 7) is 0. The van der Waals surface area contributed by atoms with Crippen LogP contribution in [0, 0.1) is 20.2 Å². The van der Waals surface area contributed by atoms with Gasteiger partial charge in [-0.1, -0.05) is 0 Å². The third-order valence-corrected chi connectivity index (χ3v) is 4.92. The van der Waals surface area contributed by atoms with Gasteiger partial charge in [0.25, 0.3) is 31.6 Å². The lowest BCUT2D eigenvalue weighted by Gasteiger charge is -2.07. The Morgan fingerprint density at radius 2 is 1.00 bits per heavy atom. The van der Waals surface area contributed by atoms with Crippen molar-refractivity contribution in [3.8, 4) is 11.1 Å². The summed E-state index contributed by atoms with van der Waals surface area (Å²) in [6, 6.07) is 4.31. The predicted molar refractivity (Wildman–Crippen MR) is 84.8 cm³/mol. The molecule has 12 nitrogen and oxygen atoms in total. The van der Waals surface area contributed by atoms with E-state index in [0.717, 1.165) is 24.3 Å². The highest BCUT2D eigenvalue weighted by molar-refractivity contribution is 7.86. The van der Waals surface area contributed by atoms with Gasteiger partial charge < -0.3 is 0 Å². The van der Waals surface area contributed by atoms with Crippen molar-refractivity contribution in [1.82, 2.24) is 0 Å². The van der Waals surface area contributed by atoms with Crippen molar-refractivity contribution in [1.29, 1.82) is 0 Å². The standard InChI is InChI=1S/C12H8N2O10S2/c15-13(16)11-5-7(25(19,20)21)1-3-9(11)10-4-2-8(26(22,23)24)6-12(10)14(17)18/h1-6H,(H,19,20,21)(H,22,23,24). The molecule has 0 amide bonds. The average molecular weight is 404 g/mol. The summed E-state index contributed by atoms with van der Waals surface area (Å²) in [5, 5.41) is 22.4. The molecule has 0 fully saturated rings. The number of hydrogen-bond acceptors (Lipinski definition) is 8. The van der Waals surface area contributed by atoms with Crippen molar-refractivity contribution in [2.75, 3.05) is 0 Å². The molecule has 0 aliphatic rings. The molecule has 0 bridgehead atoms. The van der Waals surface area contributed by atoms with Crippen LogP contribution in [0.1, 0.15) is 0 Å². The van der Waals surface area contributed by atoms with Gasteiger partial charge in [-0.3, -0.25) is 29.3 Å². The van der Waals surface area contributed by atoms with Gasteiger partial charge in [-0.15, -0.1) is 0 Å². The van der Waals surface area contributed by atoms with Crippen LogP contribution in [-0.2, 0) is 20.2 Å². The van der Waals surface area contributed by atoms with Gasteiger partial charge in [0.05, 0.1) is 21.0 Å². The molecule has 0 atom stereocenters. The second kappa shape index (κ2) is 6.41. The van der Waals surface area contributed by atoms with Gasteiger partial charge >= 0.3 is 0 Å². The van der Waals surface area contributed by atoms with Gasteiger partial charge in [-0.2, -0.15) is 16.8 Å². The number of benzene rings is 2. The molecule has 0 aromatic heterocycles. The molecule has 2 rings (SSSR count). The highest BCUT2D eigenvalue weighted by atomic mass is 32.2. The molecule has 0 aliphatic heterocycles. The molecule has 2 N–H and O–H groups in total. The van der Waals surface area contributed by atoms with E-state index >= 15 is 0 Å². The normalized spacial score (nSPS) is 11.9. The Hall–Kier alpha value is -2.94. The van der Waals surface area contributed by atoms with Crippen LogP contribution < -0.4 is 0 Å². The first-order valence-corrected chi connectivity index (χ1v) is 9.22. The zero-order valence-corrected chi connectivity index (χ0v) is 14.0. The fourth-order valence-corrected chi connectivity index (χ4v) is 3.10. The molecule has 2 aromatic rings. The van der Waals surface area contributed by atoms with E-state index in [2.05, 4.69) is 0 Å². The maximum absolute atomic E-state index is 11.2. The van der Waals surface area contributed by atoms with Crippen molar-refractivity contribution < 1.29 is 35.8 Å². The molecule has 0 heterocycles. The Morgan fingerprint density at radius 3 is 1.23 bits per heavy atom. The lowest BCUT2D eigenvalue weighted by molar-refractivity contribution is -0.386. The van der Waals surface area contributed by atoms with Crippen molar-refractivity contribution >= 4 is 31.6 Å². The fourth-order valence-electron chi connectivity index (χ4n) is 2.10. The quantitative estimate of drug-likeness (QED) is 0.420. The maximum Gasteiger partial charge on any atom is 0.294 e. The zero-order chi connectivity index (χ0) is 19.9. The van der Waals surface area contributed by atoms with E-state index < -0.39 is 62.4 Å². The topological polar surface area (TPSA) is 195 Å². The SMILES string of the molecule is O=[N+]([O-])c1cc(S(=O)(=O)O)ccc1-c1ccc(S(=O)(=O)O)cc1[N+](=O)[O-]. The van der Waals surface area contributed by atoms with Crippen LogP contribution in [0.4, 0.5) is 11.4 Å². The molecule has 0 spiro atoms. The van der Waals surface area contributed by atoms with E-state index in [-0.39, 0.29) is 0 Å². The van der Waals surface area contributed by atoms with E-state index in [0.29, 0.717) is 12.1 Å². The minimum Gasteiger partial charge on any atom is -0.282 e. The highest BCUT2D eigenvalue weighted by Gasteiger charge is 2.27. The summed E-state index contributed by atoms with van der Waals surface area (Å²) in [5.41, 5.74) is -2.53. The first kappa shape index (κ1) is 19.4. The van der Waals surface area contributed by atoms with Crippen LogP contribution >= 0.6 is 0 Å². The minimum absolute atomic E-state index is 0.393. The van der Waals surface area contributed by atoms with Crippen LogP contribution in [0.5, 0.6) is 0 Å². The van der Waals surface area contributed by atoms with Gasteiger partial charge in [-0.05, 0) is 24.3 Å². The summed E-state index contributed by atoms with van der Waals surface area (Å²) in [7, 11) is -9.52. The third-order valence-electron chi connectivity index (χ3n) is 3.22.